The number of nitrogens with one attached hydrogen (secondary N) is 1. The van der Waals surface area contributed by atoms with Crippen molar-refractivity contribution in [2.24, 2.45) is 0 Å². The Bertz CT molecular complexity index is 565. The van der Waals surface area contributed by atoms with E-state index in [4.69, 9.17) is 0 Å². The summed E-state index contributed by atoms with van der Waals surface area (Å²) in [6.45, 7) is 0.593. The highest BCUT2D eigenvalue weighted by atomic mass is 32.1. The van der Waals surface area contributed by atoms with Gasteiger partial charge >= 0.3 is 0 Å². The van der Waals surface area contributed by atoms with Crippen LogP contribution >= 0.6 is 11.3 Å². The van der Waals surface area contributed by atoms with E-state index in [0.717, 1.165) is 30.5 Å². The van der Waals surface area contributed by atoms with Gasteiger partial charge in [-0.3, -0.25) is 4.79 Å². The van der Waals surface area contributed by atoms with E-state index in [9.17, 15) is 4.79 Å². The highest BCUT2D eigenvalue weighted by molar-refractivity contribution is 7.09. The highest BCUT2D eigenvalue weighted by Gasteiger charge is 2.28. The van der Waals surface area contributed by atoms with E-state index < -0.39 is 0 Å². The summed E-state index contributed by atoms with van der Waals surface area (Å²) in [7, 11) is 0. The molecule has 0 bridgehead atoms. The maximum Gasteiger partial charge on any atom is 0.229 e. The molecule has 19 heavy (non-hydrogen) atoms. The van der Waals surface area contributed by atoms with Gasteiger partial charge in [0, 0.05) is 11.4 Å². The number of thiazole rings is 1. The quantitative estimate of drug-likeness (QED) is 0.933. The summed E-state index contributed by atoms with van der Waals surface area (Å²) in [5.74, 6) is 0.0504. The standard InChI is InChI=1S/C15H16N2OS/c18-15(16-9-11-5-2-1-3-6-11)12-7-4-8-13-14(12)17-10-19-13/h1-3,5-6,10,12H,4,7-9H2,(H,16,18). The summed E-state index contributed by atoms with van der Waals surface area (Å²) in [6.07, 6.45) is 3.07. The molecule has 1 aromatic heterocycles. The van der Waals surface area contributed by atoms with Gasteiger partial charge in [0.1, 0.15) is 0 Å². The number of hydrogen-bond donors (Lipinski definition) is 1. The van der Waals surface area contributed by atoms with Crippen molar-refractivity contribution in [1.82, 2.24) is 10.3 Å². The number of benzene rings is 1. The van der Waals surface area contributed by atoms with Gasteiger partial charge in [-0.2, -0.15) is 0 Å². The zero-order valence-electron chi connectivity index (χ0n) is 10.6. The molecule has 1 amide bonds. The minimum Gasteiger partial charge on any atom is -0.351 e. The highest BCUT2D eigenvalue weighted by Crippen LogP contribution is 2.32. The number of nitrogens with zero attached hydrogens (tertiary/aromatic N) is 1. The molecule has 1 atom stereocenters. The maximum atomic E-state index is 12.3. The minimum absolute atomic E-state index is 0.0567. The number of carbonyl (C=O) groups is 1. The lowest BCUT2D eigenvalue weighted by Crippen LogP contribution is -2.31. The molecule has 1 heterocycles. The second-order valence-electron chi connectivity index (χ2n) is 4.81. The van der Waals surface area contributed by atoms with Crippen LogP contribution in [0.4, 0.5) is 0 Å². The Hall–Kier alpha value is -1.68. The molecule has 1 unspecified atom stereocenters. The van der Waals surface area contributed by atoms with Gasteiger partial charge < -0.3 is 5.32 Å². The average molecular weight is 272 g/mol. The summed E-state index contributed by atoms with van der Waals surface area (Å²) >= 11 is 1.67. The largest absolute Gasteiger partial charge is 0.351 e. The van der Waals surface area contributed by atoms with Gasteiger partial charge in [0.05, 0.1) is 17.1 Å². The van der Waals surface area contributed by atoms with Crippen LogP contribution in [0.1, 0.15) is 34.9 Å². The Labute approximate surface area is 116 Å². The molecule has 1 aliphatic carbocycles. The zero-order chi connectivity index (χ0) is 13.1. The molecule has 0 spiro atoms. The van der Waals surface area contributed by atoms with Gasteiger partial charge in [0.2, 0.25) is 5.91 Å². The van der Waals surface area contributed by atoms with Crippen molar-refractivity contribution < 1.29 is 4.79 Å². The predicted octanol–water partition coefficient (Wildman–Crippen LogP) is 2.88. The molecule has 1 N–H and O–H groups in total. The lowest BCUT2D eigenvalue weighted by molar-refractivity contribution is -0.123. The van der Waals surface area contributed by atoms with Gasteiger partial charge in [-0.1, -0.05) is 30.3 Å². The molecule has 1 aromatic carbocycles. The van der Waals surface area contributed by atoms with Crippen molar-refractivity contribution in [3.8, 4) is 0 Å². The summed E-state index contributed by atoms with van der Waals surface area (Å²) in [4.78, 5) is 17.9. The Morgan fingerprint density at radius 3 is 3.05 bits per heavy atom. The number of hydrogen-bond acceptors (Lipinski definition) is 3. The van der Waals surface area contributed by atoms with Crippen LogP contribution in [0, 0.1) is 0 Å². The van der Waals surface area contributed by atoms with Crippen LogP contribution in [0.15, 0.2) is 35.8 Å². The number of aryl methyl sites for hydroxylation is 1. The van der Waals surface area contributed by atoms with Gasteiger partial charge in [-0.15, -0.1) is 11.3 Å². The molecule has 0 saturated heterocycles. The van der Waals surface area contributed by atoms with Crippen LogP contribution in [0.3, 0.4) is 0 Å². The van der Waals surface area contributed by atoms with Gasteiger partial charge in [-0.25, -0.2) is 4.98 Å². The second kappa shape index (κ2) is 5.53. The molecule has 1 aliphatic rings. The lowest BCUT2D eigenvalue weighted by atomic mass is 9.90. The van der Waals surface area contributed by atoms with Crippen LogP contribution in [0.5, 0.6) is 0 Å². The van der Waals surface area contributed by atoms with Crippen molar-refractivity contribution >= 4 is 17.2 Å². The number of fused-ring (bicyclic) bond motifs is 1. The van der Waals surface area contributed by atoms with Crippen LogP contribution in [0.25, 0.3) is 0 Å². The Kier molecular flexibility index (Phi) is 3.60. The third kappa shape index (κ3) is 2.68. The van der Waals surface area contributed by atoms with Crippen molar-refractivity contribution in [3.63, 3.8) is 0 Å². The first kappa shape index (κ1) is 12.4. The van der Waals surface area contributed by atoms with Crippen LogP contribution in [0.2, 0.25) is 0 Å². The predicted molar refractivity (Wildman–Crippen MR) is 76.1 cm³/mol. The van der Waals surface area contributed by atoms with Crippen molar-refractivity contribution in [1.29, 1.82) is 0 Å². The van der Waals surface area contributed by atoms with Crippen molar-refractivity contribution in [2.45, 2.75) is 31.7 Å². The van der Waals surface area contributed by atoms with Crippen molar-refractivity contribution in [3.05, 3.63) is 52.0 Å². The fraction of sp³-hybridized carbons (Fsp3) is 0.333. The third-order valence-corrected chi connectivity index (χ3v) is 4.43. The van der Waals surface area contributed by atoms with E-state index in [0.29, 0.717) is 6.54 Å². The normalized spacial score (nSPS) is 17.8. The number of rotatable bonds is 3. The fourth-order valence-corrected chi connectivity index (χ4v) is 3.39. The van der Waals surface area contributed by atoms with E-state index in [-0.39, 0.29) is 11.8 Å². The number of aromatic nitrogens is 1. The van der Waals surface area contributed by atoms with E-state index in [1.54, 1.807) is 11.3 Å². The molecular formula is C15H16N2OS. The monoisotopic (exact) mass is 272 g/mol. The first-order chi connectivity index (χ1) is 9.34. The minimum atomic E-state index is -0.0567. The molecule has 2 aromatic rings. The zero-order valence-corrected chi connectivity index (χ0v) is 11.5. The molecule has 0 saturated carbocycles. The number of carbonyl (C=O) groups excluding carboxylic acids is 1. The maximum absolute atomic E-state index is 12.3. The molecular weight excluding hydrogens is 256 g/mol. The van der Waals surface area contributed by atoms with Crippen molar-refractivity contribution in [2.75, 3.05) is 0 Å². The molecule has 4 heteroatoms. The first-order valence-corrected chi connectivity index (χ1v) is 7.46. The molecule has 0 fully saturated rings. The first-order valence-electron chi connectivity index (χ1n) is 6.58. The third-order valence-electron chi connectivity index (χ3n) is 3.53. The van der Waals surface area contributed by atoms with E-state index in [1.807, 2.05) is 35.8 Å². The average Bonchev–Trinajstić information content (AvgIpc) is 2.94. The second-order valence-corrected chi connectivity index (χ2v) is 5.75. The van der Waals surface area contributed by atoms with Gasteiger partial charge in [0.25, 0.3) is 0 Å². The lowest BCUT2D eigenvalue weighted by Gasteiger charge is -2.20. The van der Waals surface area contributed by atoms with E-state index >= 15 is 0 Å². The fourth-order valence-electron chi connectivity index (χ4n) is 2.52. The molecule has 0 aliphatic heterocycles. The molecule has 98 valence electrons. The van der Waals surface area contributed by atoms with Crippen LogP contribution in [-0.4, -0.2) is 10.9 Å². The number of amides is 1. The molecule has 0 radical (unpaired) electrons. The summed E-state index contributed by atoms with van der Waals surface area (Å²) < 4.78 is 0. The summed E-state index contributed by atoms with van der Waals surface area (Å²) in [5.41, 5.74) is 3.99. The summed E-state index contributed by atoms with van der Waals surface area (Å²) in [5, 5.41) is 3.03. The Balaban J connectivity index is 1.66. The smallest absolute Gasteiger partial charge is 0.229 e. The topological polar surface area (TPSA) is 42.0 Å². The van der Waals surface area contributed by atoms with E-state index in [2.05, 4.69) is 10.3 Å². The molecule has 3 rings (SSSR count). The van der Waals surface area contributed by atoms with E-state index in [1.165, 1.54) is 4.88 Å². The van der Waals surface area contributed by atoms with Gasteiger partial charge in [0.15, 0.2) is 0 Å². The SMILES string of the molecule is O=C(NCc1ccccc1)C1CCCc2scnc21. The summed E-state index contributed by atoms with van der Waals surface area (Å²) in [6, 6.07) is 10.0. The van der Waals surface area contributed by atoms with Gasteiger partial charge in [-0.05, 0) is 24.8 Å². The Morgan fingerprint density at radius 1 is 1.37 bits per heavy atom. The van der Waals surface area contributed by atoms with Crippen LogP contribution in [-0.2, 0) is 17.8 Å². The Morgan fingerprint density at radius 2 is 2.21 bits per heavy atom. The van der Waals surface area contributed by atoms with Crippen LogP contribution < -0.4 is 5.32 Å². The molecule has 3 nitrogen and oxygen atoms in total.